The Morgan fingerprint density at radius 2 is 1.82 bits per heavy atom. The van der Waals surface area contributed by atoms with E-state index in [-0.39, 0.29) is 4.47 Å². The number of sulfonamides is 1. The highest BCUT2D eigenvalue weighted by Crippen LogP contribution is 2.30. The third-order valence-electron chi connectivity index (χ3n) is 2.87. The minimum Gasteiger partial charge on any atom is -0.229 e. The van der Waals surface area contributed by atoms with Gasteiger partial charge in [-0.3, -0.25) is 0 Å². The van der Waals surface area contributed by atoms with E-state index in [1.807, 2.05) is 0 Å². The number of hydrogen-bond acceptors (Lipinski definition) is 4. The second kappa shape index (κ2) is 5.22. The molecule has 0 aliphatic carbocycles. The van der Waals surface area contributed by atoms with Gasteiger partial charge in [-0.2, -0.15) is 4.31 Å². The molecule has 0 atom stereocenters. The molecule has 1 aromatic rings. The molecule has 1 fully saturated rings. The molecular formula is C10H15ClN2O2S2. The summed E-state index contributed by atoms with van der Waals surface area (Å²) < 4.78 is 27.0. The smallest absolute Gasteiger partial charge is 0.229 e. The molecule has 7 heteroatoms. The van der Waals surface area contributed by atoms with Crippen LogP contribution >= 0.6 is 22.9 Å². The standard InChI is InChI=1S/C10H15ClN2O2S2/c1-8-9(16-10(11)12-8)17(14,15)13-6-4-2-3-5-7-13/h2-7H2,1H3. The van der Waals surface area contributed by atoms with Gasteiger partial charge in [0.25, 0.3) is 10.0 Å². The lowest BCUT2D eigenvalue weighted by molar-refractivity contribution is 0.424. The van der Waals surface area contributed by atoms with Crippen molar-refractivity contribution in [3.63, 3.8) is 0 Å². The van der Waals surface area contributed by atoms with Crippen LogP contribution in [0.25, 0.3) is 0 Å². The van der Waals surface area contributed by atoms with Gasteiger partial charge in [0.15, 0.2) is 8.68 Å². The lowest BCUT2D eigenvalue weighted by atomic mass is 10.2. The Bertz CT molecular complexity index is 490. The highest BCUT2D eigenvalue weighted by atomic mass is 35.5. The van der Waals surface area contributed by atoms with Crippen molar-refractivity contribution in [1.82, 2.24) is 9.29 Å². The molecule has 0 radical (unpaired) electrons. The molecule has 2 rings (SSSR count). The maximum atomic E-state index is 12.4. The molecule has 1 aliphatic heterocycles. The topological polar surface area (TPSA) is 50.3 Å². The monoisotopic (exact) mass is 294 g/mol. The van der Waals surface area contributed by atoms with Gasteiger partial charge in [0.1, 0.15) is 0 Å². The van der Waals surface area contributed by atoms with E-state index >= 15 is 0 Å². The van der Waals surface area contributed by atoms with Crippen LogP contribution in [0, 0.1) is 6.92 Å². The van der Waals surface area contributed by atoms with Crippen molar-refractivity contribution in [3.8, 4) is 0 Å². The number of nitrogens with zero attached hydrogens (tertiary/aromatic N) is 2. The van der Waals surface area contributed by atoms with Crippen LogP contribution in [0.5, 0.6) is 0 Å². The van der Waals surface area contributed by atoms with E-state index in [1.165, 1.54) is 0 Å². The lowest BCUT2D eigenvalue weighted by Gasteiger charge is -2.18. The molecular weight excluding hydrogens is 280 g/mol. The highest BCUT2D eigenvalue weighted by molar-refractivity contribution is 7.91. The Labute approximate surface area is 111 Å². The fourth-order valence-corrected chi connectivity index (χ4v) is 5.38. The number of aromatic nitrogens is 1. The molecule has 96 valence electrons. The maximum Gasteiger partial charge on any atom is 0.254 e. The third kappa shape index (κ3) is 2.81. The van der Waals surface area contributed by atoms with Gasteiger partial charge in [0.2, 0.25) is 0 Å². The van der Waals surface area contributed by atoms with Crippen molar-refractivity contribution < 1.29 is 8.42 Å². The van der Waals surface area contributed by atoms with Crippen molar-refractivity contribution in [2.45, 2.75) is 36.8 Å². The summed E-state index contributed by atoms with van der Waals surface area (Å²) in [7, 11) is -3.39. The van der Waals surface area contributed by atoms with Crippen LogP contribution in [0.15, 0.2) is 4.21 Å². The van der Waals surface area contributed by atoms with Crippen molar-refractivity contribution in [1.29, 1.82) is 0 Å². The highest BCUT2D eigenvalue weighted by Gasteiger charge is 2.29. The van der Waals surface area contributed by atoms with Gasteiger partial charge in [0, 0.05) is 13.1 Å². The van der Waals surface area contributed by atoms with E-state index in [4.69, 9.17) is 11.6 Å². The average Bonchev–Trinajstić information content (AvgIpc) is 2.52. The van der Waals surface area contributed by atoms with Crippen molar-refractivity contribution in [2.24, 2.45) is 0 Å². The first-order valence-electron chi connectivity index (χ1n) is 5.65. The summed E-state index contributed by atoms with van der Waals surface area (Å²) in [6.07, 6.45) is 4.08. The van der Waals surface area contributed by atoms with E-state index < -0.39 is 10.0 Å². The predicted octanol–water partition coefficient (Wildman–Crippen LogP) is 2.67. The second-order valence-electron chi connectivity index (χ2n) is 4.16. The first kappa shape index (κ1) is 13.3. The van der Waals surface area contributed by atoms with Crippen LogP contribution in [0.2, 0.25) is 4.47 Å². The zero-order valence-corrected chi connectivity index (χ0v) is 12.0. The van der Waals surface area contributed by atoms with Crippen LogP contribution in [-0.2, 0) is 10.0 Å². The summed E-state index contributed by atoms with van der Waals surface area (Å²) in [5.41, 5.74) is 0.504. The van der Waals surface area contributed by atoms with Crippen molar-refractivity contribution in [2.75, 3.05) is 13.1 Å². The van der Waals surface area contributed by atoms with E-state index in [0.717, 1.165) is 37.0 Å². The Morgan fingerprint density at radius 1 is 1.24 bits per heavy atom. The number of thiazole rings is 1. The number of halogens is 1. The van der Waals surface area contributed by atoms with Crippen LogP contribution in [0.3, 0.4) is 0 Å². The Kier molecular flexibility index (Phi) is 4.07. The molecule has 17 heavy (non-hydrogen) atoms. The summed E-state index contributed by atoms with van der Waals surface area (Å²) in [5.74, 6) is 0. The molecule has 1 aromatic heterocycles. The average molecular weight is 295 g/mol. The molecule has 1 aliphatic rings. The molecule has 0 N–H and O–H groups in total. The molecule has 2 heterocycles. The van der Waals surface area contributed by atoms with Gasteiger partial charge in [-0.15, -0.1) is 0 Å². The number of aryl methyl sites for hydroxylation is 1. The summed E-state index contributed by atoms with van der Waals surface area (Å²) in [6, 6.07) is 0. The first-order valence-corrected chi connectivity index (χ1v) is 8.28. The van der Waals surface area contributed by atoms with E-state index in [2.05, 4.69) is 4.98 Å². The minimum atomic E-state index is -3.39. The SMILES string of the molecule is Cc1nc(Cl)sc1S(=O)(=O)N1CCCCCC1. The van der Waals surface area contributed by atoms with Gasteiger partial charge >= 0.3 is 0 Å². The largest absolute Gasteiger partial charge is 0.254 e. The molecule has 1 saturated heterocycles. The van der Waals surface area contributed by atoms with Crippen LogP contribution < -0.4 is 0 Å². The molecule has 0 bridgehead atoms. The normalized spacial score (nSPS) is 19.2. The summed E-state index contributed by atoms with van der Waals surface area (Å²) in [4.78, 5) is 3.97. The van der Waals surface area contributed by atoms with Crippen LogP contribution in [0.1, 0.15) is 31.4 Å². The Morgan fingerprint density at radius 3 is 2.29 bits per heavy atom. The quantitative estimate of drug-likeness (QED) is 0.842. The van der Waals surface area contributed by atoms with Crippen LogP contribution in [0.4, 0.5) is 0 Å². The molecule has 0 unspecified atom stereocenters. The van der Waals surface area contributed by atoms with Crippen molar-refractivity contribution >= 4 is 33.0 Å². The van der Waals surface area contributed by atoms with Crippen LogP contribution in [-0.4, -0.2) is 30.8 Å². The summed E-state index contributed by atoms with van der Waals surface area (Å²) in [6.45, 7) is 2.90. The van der Waals surface area contributed by atoms with Crippen molar-refractivity contribution in [3.05, 3.63) is 10.2 Å². The minimum absolute atomic E-state index is 0.288. The third-order valence-corrected chi connectivity index (χ3v) is 6.61. The number of rotatable bonds is 2. The van der Waals surface area contributed by atoms with Gasteiger partial charge in [0.05, 0.1) is 5.69 Å². The van der Waals surface area contributed by atoms with Gasteiger partial charge < -0.3 is 0 Å². The van der Waals surface area contributed by atoms with Gasteiger partial charge in [-0.25, -0.2) is 13.4 Å². The lowest BCUT2D eigenvalue weighted by Crippen LogP contribution is -2.31. The predicted molar refractivity (Wildman–Crippen MR) is 69.1 cm³/mol. The van der Waals surface area contributed by atoms with Gasteiger partial charge in [-0.1, -0.05) is 35.8 Å². The van der Waals surface area contributed by atoms with E-state index in [0.29, 0.717) is 23.0 Å². The Balaban J connectivity index is 2.31. The molecule has 4 nitrogen and oxygen atoms in total. The molecule has 0 saturated carbocycles. The molecule has 0 aromatic carbocycles. The first-order chi connectivity index (χ1) is 8.01. The zero-order valence-electron chi connectivity index (χ0n) is 9.65. The summed E-state index contributed by atoms with van der Waals surface area (Å²) in [5, 5.41) is 0. The summed E-state index contributed by atoms with van der Waals surface area (Å²) >= 11 is 6.81. The van der Waals surface area contributed by atoms with E-state index in [1.54, 1.807) is 11.2 Å². The Hall–Kier alpha value is -0.170. The molecule has 0 amide bonds. The second-order valence-corrected chi connectivity index (χ2v) is 7.87. The fourth-order valence-electron chi connectivity index (χ4n) is 1.99. The fraction of sp³-hybridized carbons (Fsp3) is 0.700. The maximum absolute atomic E-state index is 12.4. The van der Waals surface area contributed by atoms with Gasteiger partial charge in [-0.05, 0) is 19.8 Å². The molecule has 0 spiro atoms. The zero-order chi connectivity index (χ0) is 12.5. The van der Waals surface area contributed by atoms with E-state index in [9.17, 15) is 8.42 Å². The number of hydrogen-bond donors (Lipinski definition) is 0.